The number of halogens is 1. The van der Waals surface area contributed by atoms with Crippen LogP contribution in [-0.4, -0.2) is 7.11 Å². The van der Waals surface area contributed by atoms with E-state index in [1.165, 1.54) is 0 Å². The minimum atomic E-state index is 0. The molecular formula is C15H14INO2. The number of aromatic nitrogens is 1. The Balaban J connectivity index is 0.00000133. The Morgan fingerprint density at radius 3 is 2.53 bits per heavy atom. The fraction of sp³-hybridized carbons (Fsp3) is 0.133. The summed E-state index contributed by atoms with van der Waals surface area (Å²) in [5, 5.41) is 2.08. The number of hydrogen-bond donors (Lipinski definition) is 0. The zero-order valence-corrected chi connectivity index (χ0v) is 12.9. The minimum Gasteiger partial charge on any atom is -1.00 e. The number of pyridine rings is 1. The highest BCUT2D eigenvalue weighted by Crippen LogP contribution is 2.36. The van der Waals surface area contributed by atoms with Gasteiger partial charge in [0.1, 0.15) is 18.6 Å². The van der Waals surface area contributed by atoms with Crippen LogP contribution in [0.25, 0.3) is 22.1 Å². The molecule has 2 heterocycles. The van der Waals surface area contributed by atoms with E-state index in [1.807, 2.05) is 54.3 Å². The fourth-order valence-corrected chi connectivity index (χ4v) is 2.11. The summed E-state index contributed by atoms with van der Waals surface area (Å²) in [5.74, 6) is 1.69. The molecule has 2 aromatic heterocycles. The summed E-state index contributed by atoms with van der Waals surface area (Å²) >= 11 is 0. The number of benzene rings is 1. The van der Waals surface area contributed by atoms with E-state index in [0.29, 0.717) is 0 Å². The van der Waals surface area contributed by atoms with Crippen molar-refractivity contribution in [2.24, 2.45) is 7.05 Å². The van der Waals surface area contributed by atoms with Gasteiger partial charge in [0.2, 0.25) is 0 Å². The van der Waals surface area contributed by atoms with Gasteiger partial charge in [-0.05, 0) is 6.07 Å². The second kappa shape index (κ2) is 5.61. The van der Waals surface area contributed by atoms with Gasteiger partial charge in [-0.15, -0.1) is 0 Å². The average Bonchev–Trinajstić information content (AvgIpc) is 2.83. The van der Waals surface area contributed by atoms with E-state index in [4.69, 9.17) is 9.15 Å². The predicted molar refractivity (Wildman–Crippen MR) is 69.4 cm³/mol. The van der Waals surface area contributed by atoms with Gasteiger partial charge in [-0.2, -0.15) is 0 Å². The molecule has 0 radical (unpaired) electrons. The van der Waals surface area contributed by atoms with E-state index in [2.05, 4.69) is 0 Å². The standard InChI is InChI=1S/C15H14NO2.HI/c1-16-8-6-11(7-9-16)15-14-12(10-18-15)4-3-5-13(14)17-2;/h3-10H,1-2H3;1H/q+1;/p-1. The molecule has 3 rings (SSSR count). The number of ether oxygens (including phenoxy) is 1. The highest BCUT2D eigenvalue weighted by atomic mass is 127. The van der Waals surface area contributed by atoms with Crippen LogP contribution in [0.5, 0.6) is 5.75 Å². The Bertz CT molecular complexity index is 689. The molecule has 0 saturated carbocycles. The van der Waals surface area contributed by atoms with Crippen LogP contribution in [0.2, 0.25) is 0 Å². The normalized spacial score (nSPS) is 10.2. The molecule has 0 fully saturated rings. The zero-order chi connectivity index (χ0) is 12.5. The number of nitrogens with zero attached hydrogens (tertiary/aromatic N) is 1. The maximum absolute atomic E-state index is 5.69. The smallest absolute Gasteiger partial charge is 0.169 e. The number of methoxy groups -OCH3 is 1. The Morgan fingerprint density at radius 2 is 1.84 bits per heavy atom. The molecule has 0 unspecified atom stereocenters. The third kappa shape index (κ3) is 2.45. The summed E-state index contributed by atoms with van der Waals surface area (Å²) in [4.78, 5) is 0. The SMILES string of the molecule is COc1cccc2coc(-c3cc[n+](C)cc3)c12.[I-]. The molecule has 98 valence electrons. The first-order chi connectivity index (χ1) is 8.79. The second-order valence-corrected chi connectivity index (χ2v) is 4.24. The minimum absolute atomic E-state index is 0. The van der Waals surface area contributed by atoms with Crippen LogP contribution in [0, 0.1) is 0 Å². The summed E-state index contributed by atoms with van der Waals surface area (Å²) in [6, 6.07) is 10.00. The molecule has 0 amide bonds. The molecular weight excluding hydrogens is 353 g/mol. The van der Waals surface area contributed by atoms with Gasteiger partial charge in [0.05, 0.1) is 18.8 Å². The highest BCUT2D eigenvalue weighted by molar-refractivity contribution is 5.98. The lowest BCUT2D eigenvalue weighted by molar-refractivity contribution is -0.671. The maximum atomic E-state index is 5.69. The van der Waals surface area contributed by atoms with Gasteiger partial charge in [-0.3, -0.25) is 0 Å². The Hall–Kier alpha value is -1.56. The third-order valence-corrected chi connectivity index (χ3v) is 3.05. The van der Waals surface area contributed by atoms with Gasteiger partial charge in [-0.1, -0.05) is 12.1 Å². The summed E-state index contributed by atoms with van der Waals surface area (Å²) in [6.45, 7) is 0. The molecule has 4 heteroatoms. The van der Waals surface area contributed by atoms with Crippen LogP contribution in [0.15, 0.2) is 53.4 Å². The molecule has 0 aliphatic rings. The molecule has 19 heavy (non-hydrogen) atoms. The quantitative estimate of drug-likeness (QED) is 0.469. The van der Waals surface area contributed by atoms with E-state index in [0.717, 1.165) is 27.8 Å². The molecule has 0 aliphatic heterocycles. The number of furan rings is 1. The van der Waals surface area contributed by atoms with Crippen molar-refractivity contribution >= 4 is 10.8 Å². The van der Waals surface area contributed by atoms with Crippen molar-refractivity contribution in [3.8, 4) is 17.1 Å². The van der Waals surface area contributed by atoms with E-state index in [-0.39, 0.29) is 24.0 Å². The first-order valence-electron chi connectivity index (χ1n) is 5.79. The lowest BCUT2D eigenvalue weighted by atomic mass is 10.1. The molecule has 0 N–H and O–H groups in total. The monoisotopic (exact) mass is 367 g/mol. The Morgan fingerprint density at radius 1 is 1.11 bits per heavy atom. The predicted octanol–water partition coefficient (Wildman–Crippen LogP) is -0.0631. The molecule has 1 aromatic carbocycles. The summed E-state index contributed by atoms with van der Waals surface area (Å²) in [7, 11) is 3.67. The van der Waals surface area contributed by atoms with Crippen LogP contribution >= 0.6 is 0 Å². The van der Waals surface area contributed by atoms with Crippen molar-refractivity contribution in [3.63, 3.8) is 0 Å². The first kappa shape index (κ1) is 13.9. The van der Waals surface area contributed by atoms with Crippen molar-refractivity contribution in [1.82, 2.24) is 0 Å². The van der Waals surface area contributed by atoms with E-state index >= 15 is 0 Å². The van der Waals surface area contributed by atoms with Crippen molar-refractivity contribution in [2.45, 2.75) is 0 Å². The van der Waals surface area contributed by atoms with Crippen LogP contribution < -0.4 is 33.3 Å². The topological polar surface area (TPSA) is 26.2 Å². The van der Waals surface area contributed by atoms with Crippen LogP contribution in [0.3, 0.4) is 0 Å². The average molecular weight is 367 g/mol. The molecule has 3 nitrogen and oxygen atoms in total. The lowest BCUT2D eigenvalue weighted by Crippen LogP contribution is -3.00. The molecule has 3 aromatic rings. The largest absolute Gasteiger partial charge is 1.00 e. The number of rotatable bonds is 2. The van der Waals surface area contributed by atoms with Crippen molar-refractivity contribution in [1.29, 1.82) is 0 Å². The van der Waals surface area contributed by atoms with Crippen molar-refractivity contribution < 1.29 is 37.7 Å². The van der Waals surface area contributed by atoms with E-state index < -0.39 is 0 Å². The van der Waals surface area contributed by atoms with Gasteiger partial charge < -0.3 is 33.1 Å². The third-order valence-electron chi connectivity index (χ3n) is 3.05. The summed E-state index contributed by atoms with van der Waals surface area (Å²) in [5.41, 5.74) is 1.05. The molecule has 0 saturated heterocycles. The van der Waals surface area contributed by atoms with Gasteiger partial charge in [0.25, 0.3) is 0 Å². The van der Waals surface area contributed by atoms with Crippen LogP contribution in [0.4, 0.5) is 0 Å². The van der Waals surface area contributed by atoms with Gasteiger partial charge in [0.15, 0.2) is 12.4 Å². The van der Waals surface area contributed by atoms with Gasteiger partial charge in [-0.25, -0.2) is 4.57 Å². The van der Waals surface area contributed by atoms with E-state index in [1.54, 1.807) is 13.4 Å². The van der Waals surface area contributed by atoms with E-state index in [9.17, 15) is 0 Å². The van der Waals surface area contributed by atoms with Crippen LogP contribution in [-0.2, 0) is 7.05 Å². The van der Waals surface area contributed by atoms with Gasteiger partial charge >= 0.3 is 0 Å². The Labute approximate surface area is 128 Å². The number of aryl methyl sites for hydroxylation is 1. The summed E-state index contributed by atoms with van der Waals surface area (Å²) < 4.78 is 13.1. The van der Waals surface area contributed by atoms with Crippen molar-refractivity contribution in [2.75, 3.05) is 7.11 Å². The summed E-state index contributed by atoms with van der Waals surface area (Å²) in [6.07, 6.45) is 5.76. The Kier molecular flexibility index (Phi) is 4.09. The fourth-order valence-electron chi connectivity index (χ4n) is 2.11. The molecule has 0 atom stereocenters. The number of hydrogen-bond acceptors (Lipinski definition) is 2. The highest BCUT2D eigenvalue weighted by Gasteiger charge is 2.13. The molecule has 0 spiro atoms. The van der Waals surface area contributed by atoms with Crippen molar-refractivity contribution in [3.05, 3.63) is 49.0 Å². The molecule has 0 bridgehead atoms. The number of fused-ring (bicyclic) bond motifs is 1. The maximum Gasteiger partial charge on any atom is 0.169 e. The first-order valence-corrected chi connectivity index (χ1v) is 5.79. The lowest BCUT2D eigenvalue weighted by Gasteiger charge is -2.03. The van der Waals surface area contributed by atoms with Gasteiger partial charge in [0, 0.05) is 23.1 Å². The van der Waals surface area contributed by atoms with Crippen LogP contribution in [0.1, 0.15) is 0 Å². The second-order valence-electron chi connectivity index (χ2n) is 4.24. The zero-order valence-electron chi connectivity index (χ0n) is 10.8. The molecule has 0 aliphatic carbocycles.